The lowest BCUT2D eigenvalue weighted by Crippen LogP contribution is -2.15. The van der Waals surface area contributed by atoms with Crippen LogP contribution in [0.25, 0.3) is 88.4 Å². The van der Waals surface area contributed by atoms with Crippen LogP contribution in [0.15, 0.2) is 188 Å². The van der Waals surface area contributed by atoms with Crippen LogP contribution in [-0.4, -0.2) is 15.0 Å². The Labute approximate surface area is 331 Å². The summed E-state index contributed by atoms with van der Waals surface area (Å²) in [4.78, 5) is 18.3. The van der Waals surface area contributed by atoms with Gasteiger partial charge >= 0.3 is 0 Å². The Morgan fingerprint density at radius 3 is 1.29 bits per heavy atom. The number of thiophene rings is 1. The van der Waals surface area contributed by atoms with Gasteiger partial charge in [0.05, 0.1) is 0 Å². The van der Waals surface area contributed by atoms with Crippen LogP contribution in [0.5, 0.6) is 0 Å². The van der Waals surface area contributed by atoms with E-state index < -0.39 is 0 Å². The smallest absolute Gasteiger partial charge is 0.164 e. The fraction of sp³-hybridized carbons (Fsp3) is 0.0577. The first kappa shape index (κ1) is 33.8. The van der Waals surface area contributed by atoms with Crippen molar-refractivity contribution in [2.45, 2.75) is 19.3 Å². The minimum atomic E-state index is -0.262. The van der Waals surface area contributed by atoms with E-state index in [1.165, 1.54) is 43.1 Å². The SMILES string of the molecule is CC1(C)c2cc(-c3nc(-c4ccccc4)nc(-c4cc(-c5ccccc5)cc(-c5ccccc5)c4)n3)ccc2-c2c(-c3ccccc3)sc(-c3ccccc3)c21. The molecule has 266 valence electrons. The van der Waals surface area contributed by atoms with E-state index in [0.717, 1.165) is 38.9 Å². The topological polar surface area (TPSA) is 38.7 Å². The fourth-order valence-corrected chi connectivity index (χ4v) is 9.61. The highest BCUT2D eigenvalue weighted by Crippen LogP contribution is 2.59. The van der Waals surface area contributed by atoms with Crippen molar-refractivity contribution < 1.29 is 0 Å². The third kappa shape index (κ3) is 5.96. The van der Waals surface area contributed by atoms with E-state index in [-0.39, 0.29) is 5.41 Å². The van der Waals surface area contributed by atoms with Crippen molar-refractivity contribution in [1.29, 1.82) is 0 Å². The van der Waals surface area contributed by atoms with Gasteiger partial charge < -0.3 is 0 Å². The van der Waals surface area contributed by atoms with E-state index in [4.69, 9.17) is 15.0 Å². The molecule has 1 aliphatic carbocycles. The Hall–Kier alpha value is -6.75. The van der Waals surface area contributed by atoms with E-state index >= 15 is 0 Å². The average Bonchev–Trinajstić information content (AvgIpc) is 3.79. The van der Waals surface area contributed by atoms with Gasteiger partial charge in [0.25, 0.3) is 0 Å². The molecule has 0 radical (unpaired) electrons. The molecular formula is C52H37N3S. The van der Waals surface area contributed by atoms with Crippen LogP contribution in [0.1, 0.15) is 25.0 Å². The van der Waals surface area contributed by atoms with E-state index in [1.807, 2.05) is 29.5 Å². The second-order valence-corrected chi connectivity index (χ2v) is 15.9. The third-order valence-electron chi connectivity index (χ3n) is 10.9. The van der Waals surface area contributed by atoms with E-state index in [0.29, 0.717) is 17.5 Å². The number of hydrogen-bond acceptors (Lipinski definition) is 4. The molecule has 3 nitrogen and oxygen atoms in total. The number of aromatic nitrogens is 3. The number of hydrogen-bond donors (Lipinski definition) is 0. The van der Waals surface area contributed by atoms with Crippen molar-refractivity contribution in [1.82, 2.24) is 15.0 Å². The molecule has 9 aromatic rings. The Balaban J connectivity index is 1.16. The van der Waals surface area contributed by atoms with E-state index in [9.17, 15) is 0 Å². The number of rotatable bonds is 7. The van der Waals surface area contributed by atoms with Crippen molar-refractivity contribution in [2.24, 2.45) is 0 Å². The summed E-state index contributed by atoms with van der Waals surface area (Å²) in [7, 11) is 0. The lowest BCUT2D eigenvalue weighted by molar-refractivity contribution is 0.664. The Bertz CT molecular complexity index is 2790. The maximum Gasteiger partial charge on any atom is 0.164 e. The molecule has 0 amide bonds. The van der Waals surface area contributed by atoms with Gasteiger partial charge in [0.15, 0.2) is 17.5 Å². The van der Waals surface area contributed by atoms with Crippen molar-refractivity contribution in [3.05, 3.63) is 199 Å². The summed E-state index contributed by atoms with van der Waals surface area (Å²) in [6.07, 6.45) is 0. The van der Waals surface area contributed by atoms with Crippen LogP contribution < -0.4 is 0 Å². The highest BCUT2D eigenvalue weighted by molar-refractivity contribution is 7.19. The first-order chi connectivity index (χ1) is 27.5. The predicted octanol–water partition coefficient (Wildman–Crippen LogP) is 13.9. The maximum atomic E-state index is 5.29. The minimum absolute atomic E-state index is 0.262. The first-order valence-corrected chi connectivity index (χ1v) is 19.8. The summed E-state index contributed by atoms with van der Waals surface area (Å²) in [5, 5.41) is 0. The van der Waals surface area contributed by atoms with Gasteiger partial charge in [-0.25, -0.2) is 15.0 Å². The van der Waals surface area contributed by atoms with Gasteiger partial charge in [-0.2, -0.15) is 0 Å². The summed E-state index contributed by atoms with van der Waals surface area (Å²) in [6, 6.07) is 66.4. The summed E-state index contributed by atoms with van der Waals surface area (Å²) in [5.74, 6) is 1.94. The molecule has 0 aliphatic heterocycles. The van der Waals surface area contributed by atoms with E-state index in [1.54, 1.807) is 0 Å². The molecule has 56 heavy (non-hydrogen) atoms. The normalized spacial score (nSPS) is 12.6. The molecule has 7 aromatic carbocycles. The molecule has 2 aromatic heterocycles. The molecule has 4 heteroatoms. The monoisotopic (exact) mass is 735 g/mol. The number of fused-ring (bicyclic) bond motifs is 3. The molecule has 0 spiro atoms. The highest BCUT2D eigenvalue weighted by Gasteiger charge is 2.41. The number of benzene rings is 7. The summed E-state index contributed by atoms with van der Waals surface area (Å²) >= 11 is 1.90. The van der Waals surface area contributed by atoms with Crippen molar-refractivity contribution in [3.63, 3.8) is 0 Å². The first-order valence-electron chi connectivity index (χ1n) is 19.0. The standard InChI is InChI=1S/C52H37N3S/c1-52(2)44-33-39(28-29-43(44)45-46(52)48(37-24-14-6-15-25-37)56-47(45)36-22-12-5-13-23-36)50-53-49(38-26-16-7-17-27-38)54-51(55-50)42-31-40(34-18-8-3-9-19-34)30-41(32-42)35-20-10-4-11-21-35/h3-33H,1-2H3. The lowest BCUT2D eigenvalue weighted by Gasteiger charge is -2.23. The van der Waals surface area contributed by atoms with Gasteiger partial charge in [0.2, 0.25) is 0 Å². The molecule has 0 N–H and O–H groups in total. The number of nitrogens with zero attached hydrogens (tertiary/aromatic N) is 3. The van der Waals surface area contributed by atoms with Crippen LogP contribution in [0.2, 0.25) is 0 Å². The molecular weight excluding hydrogens is 699 g/mol. The zero-order valence-electron chi connectivity index (χ0n) is 31.1. The quantitative estimate of drug-likeness (QED) is 0.164. The zero-order valence-corrected chi connectivity index (χ0v) is 32.0. The van der Waals surface area contributed by atoms with Gasteiger partial charge in [-0.05, 0) is 74.3 Å². The Morgan fingerprint density at radius 2 is 0.768 bits per heavy atom. The molecule has 0 unspecified atom stereocenters. The van der Waals surface area contributed by atoms with Gasteiger partial charge in [-0.15, -0.1) is 11.3 Å². The lowest BCUT2D eigenvalue weighted by atomic mass is 9.81. The fourth-order valence-electron chi connectivity index (χ4n) is 8.12. The summed E-state index contributed by atoms with van der Waals surface area (Å²) < 4.78 is 0. The molecule has 2 heterocycles. The van der Waals surface area contributed by atoms with Gasteiger partial charge in [0.1, 0.15) is 0 Å². The Morgan fingerprint density at radius 1 is 0.357 bits per heavy atom. The van der Waals surface area contributed by atoms with Gasteiger partial charge in [-0.3, -0.25) is 0 Å². The van der Waals surface area contributed by atoms with E-state index in [2.05, 4.69) is 184 Å². The largest absolute Gasteiger partial charge is 0.208 e. The highest BCUT2D eigenvalue weighted by atomic mass is 32.1. The molecule has 0 fully saturated rings. The third-order valence-corrected chi connectivity index (χ3v) is 12.2. The van der Waals surface area contributed by atoms with Crippen molar-refractivity contribution in [2.75, 3.05) is 0 Å². The van der Waals surface area contributed by atoms with Gasteiger partial charge in [-0.1, -0.05) is 178 Å². The Kier molecular flexibility index (Phi) is 8.35. The predicted molar refractivity (Wildman–Crippen MR) is 233 cm³/mol. The molecule has 0 atom stereocenters. The molecule has 0 saturated heterocycles. The van der Waals surface area contributed by atoms with Crippen LogP contribution in [0.3, 0.4) is 0 Å². The minimum Gasteiger partial charge on any atom is -0.208 e. The van der Waals surface area contributed by atoms with Crippen molar-refractivity contribution >= 4 is 11.3 Å². The van der Waals surface area contributed by atoms with Crippen LogP contribution in [0.4, 0.5) is 0 Å². The molecule has 0 saturated carbocycles. The summed E-state index contributed by atoms with van der Waals surface area (Å²) in [6.45, 7) is 4.73. The van der Waals surface area contributed by atoms with Gasteiger partial charge in [0, 0.05) is 37.4 Å². The molecule has 10 rings (SSSR count). The van der Waals surface area contributed by atoms with Crippen LogP contribution in [-0.2, 0) is 5.41 Å². The van der Waals surface area contributed by atoms with Crippen molar-refractivity contribution in [3.8, 4) is 88.4 Å². The van der Waals surface area contributed by atoms with Crippen LogP contribution >= 0.6 is 11.3 Å². The summed E-state index contributed by atoms with van der Waals surface area (Å²) in [5.41, 5.74) is 14.9. The molecule has 0 bridgehead atoms. The zero-order chi connectivity index (χ0) is 37.6. The average molecular weight is 736 g/mol. The second-order valence-electron chi connectivity index (χ2n) is 14.8. The maximum absolute atomic E-state index is 5.29. The van der Waals surface area contributed by atoms with Crippen LogP contribution in [0, 0.1) is 0 Å². The molecule has 1 aliphatic rings. The second kappa shape index (κ2) is 13.8.